The van der Waals surface area contributed by atoms with Crippen molar-refractivity contribution in [1.29, 1.82) is 0 Å². The Kier molecular flexibility index (Phi) is 6.15. The summed E-state index contributed by atoms with van der Waals surface area (Å²) in [5.74, 6) is 0. The fourth-order valence-electron chi connectivity index (χ4n) is 2.41. The smallest absolute Gasteiger partial charge is 0.216 e. The highest BCUT2D eigenvalue weighted by atomic mass is 32.1. The number of amides is 1. The summed E-state index contributed by atoms with van der Waals surface area (Å²) in [6.45, 7) is 11.6. The van der Waals surface area contributed by atoms with Crippen LogP contribution in [0.25, 0.3) is 0 Å². The van der Waals surface area contributed by atoms with Crippen LogP contribution in [0, 0.1) is 13.8 Å². The summed E-state index contributed by atoms with van der Waals surface area (Å²) in [5.41, 5.74) is 2.80. The predicted molar refractivity (Wildman–Crippen MR) is 103 cm³/mol. The lowest BCUT2D eigenvalue weighted by atomic mass is 10.2. The molecule has 4 heteroatoms. The molecule has 0 aliphatic rings. The highest BCUT2D eigenvalue weighted by molar-refractivity contribution is 7.12. The summed E-state index contributed by atoms with van der Waals surface area (Å²) in [6, 6.07) is 12.1. The van der Waals surface area contributed by atoms with E-state index in [0.29, 0.717) is 5.70 Å². The van der Waals surface area contributed by atoms with E-state index in [4.69, 9.17) is 0 Å². The highest BCUT2D eigenvalue weighted by Crippen LogP contribution is 2.31. The number of carbonyl (C=O) groups excluding carboxylic acids is 1. The molecule has 3 nitrogen and oxygen atoms in total. The van der Waals surface area contributed by atoms with Crippen LogP contribution in [0.1, 0.15) is 21.5 Å². The standard InChI is InChI=1S/C20H22N2OS/c1-5-9-17(6-2)22(14-23)20(19-13-12-16(4)24-19)21-18-11-8-7-10-15(18)3/h5-14,20-21H,1-2H2,3-4H3/b17-9+. The van der Waals surface area contributed by atoms with Gasteiger partial charge in [-0.15, -0.1) is 11.3 Å². The molecule has 0 saturated carbocycles. The number of nitrogens with one attached hydrogen (secondary N) is 1. The molecule has 124 valence electrons. The highest BCUT2D eigenvalue weighted by Gasteiger charge is 2.23. The second-order valence-corrected chi connectivity index (χ2v) is 6.67. The summed E-state index contributed by atoms with van der Waals surface area (Å²) < 4.78 is 0. The predicted octanol–water partition coefficient (Wildman–Crippen LogP) is 5.19. The van der Waals surface area contributed by atoms with E-state index in [1.807, 2.05) is 37.3 Å². The van der Waals surface area contributed by atoms with Crippen LogP contribution < -0.4 is 5.32 Å². The normalized spacial score (nSPS) is 12.3. The topological polar surface area (TPSA) is 32.3 Å². The molecule has 2 rings (SSSR count). The van der Waals surface area contributed by atoms with Gasteiger partial charge in [0.25, 0.3) is 0 Å². The number of anilines is 1. The molecule has 1 aromatic heterocycles. The molecular weight excluding hydrogens is 316 g/mol. The molecule has 0 radical (unpaired) electrons. The van der Waals surface area contributed by atoms with E-state index in [0.717, 1.165) is 22.5 Å². The average Bonchev–Trinajstić information content (AvgIpc) is 3.01. The Hall–Kier alpha value is -2.59. The van der Waals surface area contributed by atoms with Gasteiger partial charge in [0.1, 0.15) is 6.17 Å². The average molecular weight is 338 g/mol. The van der Waals surface area contributed by atoms with Crippen molar-refractivity contribution in [3.05, 3.63) is 88.8 Å². The number of rotatable bonds is 8. The van der Waals surface area contributed by atoms with Gasteiger partial charge in [-0.1, -0.05) is 37.4 Å². The fourth-order valence-corrected chi connectivity index (χ4v) is 3.34. The van der Waals surface area contributed by atoms with Gasteiger partial charge in [0.05, 0.1) is 0 Å². The van der Waals surface area contributed by atoms with Gasteiger partial charge in [-0.25, -0.2) is 0 Å². The van der Waals surface area contributed by atoms with E-state index in [1.54, 1.807) is 34.5 Å². The second-order valence-electron chi connectivity index (χ2n) is 5.35. The number of benzene rings is 1. The number of nitrogens with zero attached hydrogens (tertiary/aromatic N) is 1. The SMILES string of the molecule is C=C/C=C(\C=C)N(C=O)C(Nc1ccccc1C)c1ccc(C)s1. The van der Waals surface area contributed by atoms with E-state index in [1.165, 1.54) is 4.88 Å². The van der Waals surface area contributed by atoms with Gasteiger partial charge in [0, 0.05) is 21.1 Å². The monoisotopic (exact) mass is 338 g/mol. The van der Waals surface area contributed by atoms with Gasteiger partial charge < -0.3 is 5.32 Å². The fraction of sp³-hybridized carbons (Fsp3) is 0.150. The van der Waals surface area contributed by atoms with Crippen LogP contribution in [0.5, 0.6) is 0 Å². The molecule has 0 bridgehead atoms. The largest absolute Gasteiger partial charge is 0.360 e. The Bertz CT molecular complexity index is 761. The Balaban J connectivity index is 2.47. The van der Waals surface area contributed by atoms with E-state index in [-0.39, 0.29) is 6.17 Å². The summed E-state index contributed by atoms with van der Waals surface area (Å²) >= 11 is 1.66. The van der Waals surface area contributed by atoms with Crippen LogP contribution in [-0.2, 0) is 4.79 Å². The Labute approximate surface area is 147 Å². The molecule has 1 heterocycles. The third-order valence-electron chi connectivity index (χ3n) is 3.66. The molecule has 0 fully saturated rings. The number of hydrogen-bond donors (Lipinski definition) is 1. The Morgan fingerprint density at radius 1 is 1.21 bits per heavy atom. The van der Waals surface area contributed by atoms with Crippen molar-refractivity contribution in [3.63, 3.8) is 0 Å². The number of hydrogen-bond acceptors (Lipinski definition) is 3. The van der Waals surface area contributed by atoms with Crippen molar-refractivity contribution < 1.29 is 4.79 Å². The molecule has 1 atom stereocenters. The molecule has 1 aromatic carbocycles. The maximum absolute atomic E-state index is 11.8. The molecule has 0 aliphatic heterocycles. The van der Waals surface area contributed by atoms with Crippen molar-refractivity contribution in [1.82, 2.24) is 4.90 Å². The summed E-state index contributed by atoms with van der Waals surface area (Å²) in [5, 5.41) is 3.48. The minimum Gasteiger partial charge on any atom is -0.360 e. The van der Waals surface area contributed by atoms with E-state index >= 15 is 0 Å². The van der Waals surface area contributed by atoms with Crippen LogP contribution in [0.3, 0.4) is 0 Å². The van der Waals surface area contributed by atoms with Gasteiger partial charge >= 0.3 is 0 Å². The van der Waals surface area contributed by atoms with Crippen LogP contribution >= 0.6 is 11.3 Å². The van der Waals surface area contributed by atoms with Crippen molar-refractivity contribution in [2.24, 2.45) is 0 Å². The molecule has 1 N–H and O–H groups in total. The Morgan fingerprint density at radius 3 is 2.50 bits per heavy atom. The number of para-hydroxylation sites is 1. The zero-order valence-electron chi connectivity index (χ0n) is 14.0. The van der Waals surface area contributed by atoms with Crippen LogP contribution in [0.2, 0.25) is 0 Å². The summed E-state index contributed by atoms with van der Waals surface area (Å²) in [6.07, 6.45) is 5.59. The molecule has 0 aliphatic carbocycles. The minimum absolute atomic E-state index is 0.313. The molecule has 24 heavy (non-hydrogen) atoms. The van der Waals surface area contributed by atoms with Gasteiger partial charge in [0.15, 0.2) is 0 Å². The van der Waals surface area contributed by atoms with Gasteiger partial charge in [0.2, 0.25) is 6.41 Å². The Morgan fingerprint density at radius 2 is 1.96 bits per heavy atom. The van der Waals surface area contributed by atoms with E-state index in [2.05, 4.69) is 31.5 Å². The lowest BCUT2D eigenvalue weighted by Crippen LogP contribution is -2.31. The molecule has 1 amide bonds. The first-order valence-electron chi connectivity index (χ1n) is 7.68. The van der Waals surface area contributed by atoms with Crippen molar-refractivity contribution in [2.75, 3.05) is 5.32 Å². The van der Waals surface area contributed by atoms with Crippen LogP contribution in [0.4, 0.5) is 5.69 Å². The summed E-state index contributed by atoms with van der Waals surface area (Å²) in [4.78, 5) is 15.7. The third-order valence-corrected chi connectivity index (χ3v) is 4.71. The number of thiophene rings is 1. The van der Waals surface area contributed by atoms with Crippen molar-refractivity contribution in [2.45, 2.75) is 20.0 Å². The second kappa shape index (κ2) is 8.31. The molecular formula is C20H22N2OS. The van der Waals surface area contributed by atoms with E-state index < -0.39 is 0 Å². The number of carbonyl (C=O) groups is 1. The number of aryl methyl sites for hydroxylation is 2. The van der Waals surface area contributed by atoms with Gasteiger partial charge in [-0.3, -0.25) is 9.69 Å². The van der Waals surface area contributed by atoms with Crippen molar-refractivity contribution >= 4 is 23.4 Å². The molecule has 2 aromatic rings. The quantitative estimate of drug-likeness (QED) is 0.408. The van der Waals surface area contributed by atoms with Gasteiger partial charge in [-0.2, -0.15) is 0 Å². The van der Waals surface area contributed by atoms with E-state index in [9.17, 15) is 4.79 Å². The first kappa shape index (κ1) is 17.8. The molecule has 0 saturated heterocycles. The lowest BCUT2D eigenvalue weighted by Gasteiger charge is -2.30. The zero-order chi connectivity index (χ0) is 17.5. The first-order valence-corrected chi connectivity index (χ1v) is 8.49. The van der Waals surface area contributed by atoms with Crippen molar-refractivity contribution in [3.8, 4) is 0 Å². The molecule has 1 unspecified atom stereocenters. The van der Waals surface area contributed by atoms with Crippen LogP contribution in [0.15, 0.2) is 73.5 Å². The third kappa shape index (κ3) is 4.03. The number of allylic oxidation sites excluding steroid dienone is 3. The van der Waals surface area contributed by atoms with Gasteiger partial charge in [-0.05, 0) is 49.8 Å². The molecule has 0 spiro atoms. The maximum atomic E-state index is 11.8. The first-order chi connectivity index (χ1) is 11.6. The minimum atomic E-state index is -0.313. The lowest BCUT2D eigenvalue weighted by molar-refractivity contribution is -0.117. The summed E-state index contributed by atoms with van der Waals surface area (Å²) in [7, 11) is 0. The zero-order valence-corrected chi connectivity index (χ0v) is 14.8. The van der Waals surface area contributed by atoms with Crippen LogP contribution in [-0.4, -0.2) is 11.3 Å². The maximum Gasteiger partial charge on any atom is 0.216 e.